The SMILES string of the molecule is COc1cc(C(=O)N(C)c2ccc(C)cc2OCCCCC(=C=O)N2CCN(C)CC2)ccc1NC(=O)c1cccc2c1CC(C(N)=O)N2. The number of amides is 3. The van der Waals surface area contributed by atoms with Crippen LogP contribution in [0.2, 0.25) is 0 Å². The maximum Gasteiger partial charge on any atom is 0.258 e. The van der Waals surface area contributed by atoms with Gasteiger partial charge in [0.2, 0.25) is 5.91 Å². The van der Waals surface area contributed by atoms with Crippen LogP contribution in [0.15, 0.2) is 60.3 Å². The topological polar surface area (TPSA) is 147 Å². The molecule has 0 spiro atoms. The number of aryl methyl sites for hydroxylation is 1. The van der Waals surface area contributed by atoms with Gasteiger partial charge < -0.3 is 40.5 Å². The number of benzene rings is 3. The molecule has 4 N–H and O–H groups in total. The molecule has 1 atom stereocenters. The lowest BCUT2D eigenvalue weighted by molar-refractivity contribution is -0.118. The standard InChI is InChI=1S/C37H44N6O6/c1-24-11-14-32(34(20-24)49-19-6-5-8-26(23-44)43-17-15-41(2)16-18-43)42(3)37(47)25-12-13-30(33(21-25)48-4)40-36(46)27-9-7-10-29-28(27)22-31(39-29)35(38)45/h7,9-14,20-21,31,39H,5-6,8,15-19,22H2,1-4H3,(H2,38,45)(H,40,46). The first kappa shape index (κ1) is 35.0. The minimum absolute atomic E-state index is 0.290. The highest BCUT2D eigenvalue weighted by molar-refractivity contribution is 6.09. The van der Waals surface area contributed by atoms with Crippen molar-refractivity contribution in [2.24, 2.45) is 5.73 Å². The predicted octanol–water partition coefficient (Wildman–Crippen LogP) is 3.87. The molecule has 12 heteroatoms. The lowest BCUT2D eigenvalue weighted by Crippen LogP contribution is -2.44. The van der Waals surface area contributed by atoms with E-state index >= 15 is 0 Å². The normalized spacial score (nSPS) is 15.4. The van der Waals surface area contributed by atoms with Crippen LogP contribution in [-0.4, -0.2) is 93.5 Å². The van der Waals surface area contributed by atoms with Gasteiger partial charge in [-0.1, -0.05) is 12.1 Å². The number of piperazine rings is 1. The Hall–Kier alpha value is -5.32. The Morgan fingerprint density at radius 1 is 1.04 bits per heavy atom. The van der Waals surface area contributed by atoms with Crippen molar-refractivity contribution in [3.8, 4) is 11.5 Å². The molecule has 258 valence electrons. The molecule has 2 aliphatic heterocycles. The molecule has 12 nitrogen and oxygen atoms in total. The van der Waals surface area contributed by atoms with E-state index < -0.39 is 11.9 Å². The molecule has 1 saturated heterocycles. The molecule has 0 bridgehead atoms. The number of unbranched alkanes of at least 4 members (excludes halogenated alkanes) is 1. The lowest BCUT2D eigenvalue weighted by Gasteiger charge is -2.34. The van der Waals surface area contributed by atoms with Crippen LogP contribution in [0.4, 0.5) is 17.1 Å². The van der Waals surface area contributed by atoms with E-state index in [4.69, 9.17) is 15.2 Å². The summed E-state index contributed by atoms with van der Waals surface area (Å²) in [6.07, 6.45) is 2.48. The van der Waals surface area contributed by atoms with E-state index in [1.165, 1.54) is 12.0 Å². The maximum atomic E-state index is 13.7. The molecule has 0 saturated carbocycles. The summed E-state index contributed by atoms with van der Waals surface area (Å²) < 4.78 is 11.7. The minimum atomic E-state index is -0.577. The van der Waals surface area contributed by atoms with Crippen molar-refractivity contribution in [3.05, 3.63) is 82.5 Å². The molecule has 49 heavy (non-hydrogen) atoms. The minimum Gasteiger partial charge on any atom is -0.495 e. The number of rotatable bonds is 13. The van der Waals surface area contributed by atoms with Gasteiger partial charge in [0.1, 0.15) is 23.5 Å². The molecule has 0 radical (unpaired) electrons. The van der Waals surface area contributed by atoms with E-state index in [0.29, 0.717) is 64.7 Å². The number of carbonyl (C=O) groups excluding carboxylic acids is 4. The molecule has 1 fully saturated rings. The molecular formula is C37H44N6O6. The van der Waals surface area contributed by atoms with Gasteiger partial charge >= 0.3 is 0 Å². The number of primary amides is 1. The number of carbonyl (C=O) groups is 3. The van der Waals surface area contributed by atoms with Crippen molar-refractivity contribution in [1.82, 2.24) is 9.80 Å². The number of nitrogens with one attached hydrogen (secondary N) is 2. The lowest BCUT2D eigenvalue weighted by atomic mass is 10.0. The average Bonchev–Trinajstić information content (AvgIpc) is 3.55. The Morgan fingerprint density at radius 2 is 1.82 bits per heavy atom. The fraction of sp³-hybridized carbons (Fsp3) is 0.378. The molecule has 0 aliphatic carbocycles. The Bertz CT molecular complexity index is 1760. The van der Waals surface area contributed by atoms with Gasteiger partial charge in [0.05, 0.1) is 30.8 Å². The number of likely N-dealkylation sites (N-methyl/N-ethyl adjacent to an activating group) is 1. The molecular weight excluding hydrogens is 624 g/mol. The van der Waals surface area contributed by atoms with Crippen LogP contribution in [0, 0.1) is 6.92 Å². The molecule has 3 amide bonds. The van der Waals surface area contributed by atoms with E-state index in [9.17, 15) is 19.2 Å². The second kappa shape index (κ2) is 15.7. The van der Waals surface area contributed by atoms with Gasteiger partial charge in [0.15, 0.2) is 0 Å². The quantitative estimate of drug-likeness (QED) is 0.183. The molecule has 2 heterocycles. The first-order chi connectivity index (χ1) is 23.6. The third-order valence-electron chi connectivity index (χ3n) is 9.05. The second-order valence-corrected chi connectivity index (χ2v) is 12.5. The molecule has 0 aromatic heterocycles. The van der Waals surface area contributed by atoms with Gasteiger partial charge in [-0.15, -0.1) is 0 Å². The van der Waals surface area contributed by atoms with Crippen molar-refractivity contribution >= 4 is 40.7 Å². The average molecular weight is 669 g/mol. The number of anilines is 3. The Labute approximate surface area is 286 Å². The van der Waals surface area contributed by atoms with Gasteiger partial charge in [-0.2, -0.15) is 0 Å². The number of fused-ring (bicyclic) bond motifs is 1. The third-order valence-corrected chi connectivity index (χ3v) is 9.05. The number of nitrogens with zero attached hydrogens (tertiary/aromatic N) is 3. The van der Waals surface area contributed by atoms with Crippen molar-refractivity contribution in [2.75, 3.05) is 69.5 Å². The maximum absolute atomic E-state index is 13.7. The van der Waals surface area contributed by atoms with Crippen molar-refractivity contribution in [1.29, 1.82) is 0 Å². The number of methoxy groups -OCH3 is 1. The van der Waals surface area contributed by atoms with Crippen LogP contribution in [0.1, 0.15) is 51.1 Å². The van der Waals surface area contributed by atoms with Crippen LogP contribution in [0.25, 0.3) is 0 Å². The Kier molecular flexibility index (Phi) is 11.2. The summed E-state index contributed by atoms with van der Waals surface area (Å²) >= 11 is 0. The van der Waals surface area contributed by atoms with Crippen LogP contribution >= 0.6 is 0 Å². The zero-order valence-electron chi connectivity index (χ0n) is 28.5. The van der Waals surface area contributed by atoms with Gasteiger partial charge in [-0.05, 0) is 86.8 Å². The summed E-state index contributed by atoms with van der Waals surface area (Å²) in [7, 11) is 5.23. The monoisotopic (exact) mass is 668 g/mol. The van der Waals surface area contributed by atoms with Gasteiger partial charge in [-0.3, -0.25) is 14.4 Å². The zero-order chi connectivity index (χ0) is 35.1. The van der Waals surface area contributed by atoms with Gasteiger partial charge in [0.25, 0.3) is 11.8 Å². The third kappa shape index (κ3) is 8.22. The van der Waals surface area contributed by atoms with Crippen molar-refractivity contribution in [2.45, 2.75) is 38.6 Å². The zero-order valence-corrected chi connectivity index (χ0v) is 28.5. The predicted molar refractivity (Wildman–Crippen MR) is 189 cm³/mol. The number of hydrogen-bond donors (Lipinski definition) is 3. The summed E-state index contributed by atoms with van der Waals surface area (Å²) in [4.78, 5) is 56.3. The van der Waals surface area contributed by atoms with Crippen molar-refractivity contribution in [3.63, 3.8) is 0 Å². The van der Waals surface area contributed by atoms with Crippen LogP contribution < -0.4 is 30.7 Å². The van der Waals surface area contributed by atoms with E-state index in [0.717, 1.165) is 50.3 Å². The molecule has 2 aliphatic rings. The number of nitrogens with two attached hydrogens (primary N) is 1. The fourth-order valence-electron chi connectivity index (χ4n) is 6.13. The molecule has 3 aromatic carbocycles. The van der Waals surface area contributed by atoms with Crippen molar-refractivity contribution < 1.29 is 28.7 Å². The van der Waals surface area contributed by atoms with Crippen LogP contribution in [-0.2, 0) is 16.0 Å². The molecule has 1 unspecified atom stereocenters. The number of ether oxygens (including phenoxy) is 2. The first-order valence-electron chi connectivity index (χ1n) is 16.5. The van der Waals surface area contributed by atoms with E-state index in [1.807, 2.05) is 25.1 Å². The fourth-order valence-corrected chi connectivity index (χ4v) is 6.13. The van der Waals surface area contributed by atoms with Gasteiger partial charge in [0, 0.05) is 56.5 Å². The summed E-state index contributed by atoms with van der Waals surface area (Å²) in [6, 6.07) is 15.2. The summed E-state index contributed by atoms with van der Waals surface area (Å²) in [5.74, 6) is 1.88. The van der Waals surface area contributed by atoms with E-state index in [2.05, 4.69) is 33.4 Å². The molecule has 5 rings (SSSR count). The highest BCUT2D eigenvalue weighted by Gasteiger charge is 2.29. The smallest absolute Gasteiger partial charge is 0.258 e. The second-order valence-electron chi connectivity index (χ2n) is 12.5. The van der Waals surface area contributed by atoms with Crippen LogP contribution in [0.3, 0.4) is 0 Å². The highest BCUT2D eigenvalue weighted by Crippen LogP contribution is 2.33. The van der Waals surface area contributed by atoms with Gasteiger partial charge in [-0.25, -0.2) is 4.79 Å². The first-order valence-corrected chi connectivity index (χ1v) is 16.5. The Balaban J connectivity index is 1.22. The van der Waals surface area contributed by atoms with E-state index in [-0.39, 0.29) is 11.8 Å². The Morgan fingerprint density at radius 3 is 2.53 bits per heavy atom. The largest absolute Gasteiger partial charge is 0.495 e. The van der Waals surface area contributed by atoms with E-state index in [1.54, 1.807) is 43.4 Å². The number of allylic oxidation sites excluding steroid dienone is 1. The summed E-state index contributed by atoms with van der Waals surface area (Å²) in [5, 5.41) is 5.93. The highest BCUT2D eigenvalue weighted by atomic mass is 16.5. The van der Waals surface area contributed by atoms with Crippen LogP contribution in [0.5, 0.6) is 11.5 Å². The number of hydrogen-bond acceptors (Lipinski definition) is 9. The summed E-state index contributed by atoms with van der Waals surface area (Å²) in [6.45, 7) is 5.92. The molecule has 3 aromatic rings. The summed E-state index contributed by atoms with van der Waals surface area (Å²) in [5.41, 5.74) is 10.4.